The van der Waals surface area contributed by atoms with Crippen LogP contribution >= 0.6 is 0 Å². The Morgan fingerprint density at radius 1 is 1.43 bits per heavy atom. The molecular formula is C12H15FO. The average molecular weight is 194 g/mol. The summed E-state index contributed by atoms with van der Waals surface area (Å²) in [6.07, 6.45) is 3.08. The molecule has 0 heterocycles. The van der Waals surface area contributed by atoms with Crippen LogP contribution in [0.25, 0.3) is 0 Å². The van der Waals surface area contributed by atoms with Crippen molar-refractivity contribution >= 4 is 0 Å². The van der Waals surface area contributed by atoms with Gasteiger partial charge in [-0.25, -0.2) is 4.39 Å². The number of rotatable bonds is 3. The van der Waals surface area contributed by atoms with Gasteiger partial charge in [0.1, 0.15) is 5.82 Å². The summed E-state index contributed by atoms with van der Waals surface area (Å²) in [6, 6.07) is 4.89. The molecule has 1 saturated carbocycles. The van der Waals surface area contributed by atoms with Crippen molar-refractivity contribution in [2.75, 3.05) is 6.61 Å². The molecule has 0 radical (unpaired) electrons. The monoisotopic (exact) mass is 194 g/mol. The van der Waals surface area contributed by atoms with Crippen molar-refractivity contribution in [2.45, 2.75) is 26.2 Å². The lowest BCUT2D eigenvalue weighted by atomic mass is 9.94. The molecule has 2 heteroatoms. The first-order valence-corrected chi connectivity index (χ1v) is 5.01. The molecule has 0 bridgehead atoms. The third-order valence-electron chi connectivity index (χ3n) is 3.16. The number of aliphatic hydroxyl groups is 1. The number of halogens is 1. The molecule has 0 saturated heterocycles. The summed E-state index contributed by atoms with van der Waals surface area (Å²) in [7, 11) is 0. The molecule has 0 unspecified atom stereocenters. The number of aryl methyl sites for hydroxylation is 1. The Morgan fingerprint density at radius 2 is 2.14 bits per heavy atom. The minimum absolute atomic E-state index is 0.114. The summed E-state index contributed by atoms with van der Waals surface area (Å²) in [4.78, 5) is 0. The molecule has 0 spiro atoms. The highest BCUT2D eigenvalue weighted by molar-refractivity contribution is 5.28. The Kier molecular flexibility index (Phi) is 2.31. The quantitative estimate of drug-likeness (QED) is 0.783. The lowest BCUT2D eigenvalue weighted by Gasteiger charge is -2.13. The zero-order chi connectivity index (χ0) is 10.2. The normalized spacial score (nSPS) is 18.2. The Balaban J connectivity index is 2.17. The van der Waals surface area contributed by atoms with Gasteiger partial charge in [0.25, 0.3) is 0 Å². The molecule has 14 heavy (non-hydrogen) atoms. The van der Waals surface area contributed by atoms with E-state index in [9.17, 15) is 9.50 Å². The minimum Gasteiger partial charge on any atom is -0.396 e. The summed E-state index contributed by atoms with van der Waals surface area (Å²) in [5, 5.41) is 9.19. The molecule has 1 aromatic carbocycles. The Hall–Kier alpha value is -0.890. The van der Waals surface area contributed by atoms with Crippen LogP contribution in [0.4, 0.5) is 4.39 Å². The summed E-state index contributed by atoms with van der Waals surface area (Å²) >= 11 is 0. The second kappa shape index (κ2) is 3.35. The Bertz CT molecular complexity index is 342. The molecule has 0 aliphatic heterocycles. The van der Waals surface area contributed by atoms with Crippen LogP contribution in [0.3, 0.4) is 0 Å². The molecule has 1 N–H and O–H groups in total. The van der Waals surface area contributed by atoms with E-state index in [1.807, 2.05) is 13.0 Å². The van der Waals surface area contributed by atoms with E-state index in [4.69, 9.17) is 0 Å². The van der Waals surface area contributed by atoms with E-state index < -0.39 is 0 Å². The summed E-state index contributed by atoms with van der Waals surface area (Å²) in [5.74, 6) is -0.180. The van der Waals surface area contributed by atoms with E-state index in [1.165, 1.54) is 6.07 Å². The van der Waals surface area contributed by atoms with Crippen molar-refractivity contribution in [3.8, 4) is 0 Å². The lowest BCUT2D eigenvalue weighted by molar-refractivity contribution is 0.211. The van der Waals surface area contributed by atoms with E-state index in [-0.39, 0.29) is 17.8 Å². The van der Waals surface area contributed by atoms with Gasteiger partial charge in [-0.05, 0) is 54.9 Å². The van der Waals surface area contributed by atoms with Crippen LogP contribution in [0, 0.1) is 18.2 Å². The van der Waals surface area contributed by atoms with E-state index in [0.717, 1.165) is 30.4 Å². The molecule has 1 aliphatic rings. The van der Waals surface area contributed by atoms with Gasteiger partial charge < -0.3 is 5.11 Å². The van der Waals surface area contributed by atoms with Gasteiger partial charge in [0.05, 0.1) is 0 Å². The van der Waals surface area contributed by atoms with Crippen LogP contribution < -0.4 is 0 Å². The van der Waals surface area contributed by atoms with Crippen molar-refractivity contribution in [2.24, 2.45) is 5.41 Å². The first-order valence-electron chi connectivity index (χ1n) is 5.01. The van der Waals surface area contributed by atoms with Gasteiger partial charge in [-0.2, -0.15) is 0 Å². The SMILES string of the molecule is Cc1cc(F)ccc1CC1(CO)CC1. The summed E-state index contributed by atoms with van der Waals surface area (Å²) < 4.78 is 12.8. The van der Waals surface area contributed by atoms with Crippen molar-refractivity contribution < 1.29 is 9.50 Å². The largest absolute Gasteiger partial charge is 0.396 e. The fourth-order valence-electron chi connectivity index (χ4n) is 1.83. The van der Waals surface area contributed by atoms with E-state index >= 15 is 0 Å². The summed E-state index contributed by atoms with van der Waals surface area (Å²) in [5.41, 5.74) is 2.27. The molecular weight excluding hydrogens is 179 g/mol. The number of aliphatic hydroxyl groups excluding tert-OH is 1. The highest BCUT2D eigenvalue weighted by Gasteiger charge is 2.41. The third-order valence-corrected chi connectivity index (χ3v) is 3.16. The summed E-state index contributed by atoms with van der Waals surface area (Å²) in [6.45, 7) is 2.18. The molecule has 1 nitrogen and oxygen atoms in total. The molecule has 0 atom stereocenters. The number of hydrogen-bond donors (Lipinski definition) is 1. The first kappa shape index (κ1) is 9.66. The topological polar surface area (TPSA) is 20.2 Å². The van der Waals surface area contributed by atoms with Gasteiger partial charge in [-0.3, -0.25) is 0 Å². The van der Waals surface area contributed by atoms with Crippen molar-refractivity contribution in [1.29, 1.82) is 0 Å². The zero-order valence-electron chi connectivity index (χ0n) is 8.39. The molecule has 76 valence electrons. The van der Waals surface area contributed by atoms with Crippen molar-refractivity contribution in [3.63, 3.8) is 0 Å². The Morgan fingerprint density at radius 3 is 2.64 bits per heavy atom. The van der Waals surface area contributed by atoms with E-state index in [2.05, 4.69) is 0 Å². The van der Waals surface area contributed by atoms with Crippen LogP contribution in [0.1, 0.15) is 24.0 Å². The van der Waals surface area contributed by atoms with Gasteiger partial charge in [0.15, 0.2) is 0 Å². The maximum absolute atomic E-state index is 12.8. The van der Waals surface area contributed by atoms with Crippen LogP contribution in [0.5, 0.6) is 0 Å². The molecule has 0 amide bonds. The molecule has 1 aromatic rings. The number of hydrogen-bond acceptors (Lipinski definition) is 1. The average Bonchev–Trinajstić information content (AvgIpc) is 2.91. The molecule has 1 aliphatic carbocycles. The predicted molar refractivity (Wildman–Crippen MR) is 53.6 cm³/mol. The van der Waals surface area contributed by atoms with Gasteiger partial charge in [-0.15, -0.1) is 0 Å². The van der Waals surface area contributed by atoms with E-state index in [1.54, 1.807) is 6.07 Å². The van der Waals surface area contributed by atoms with E-state index in [0.29, 0.717) is 0 Å². The molecule has 0 aromatic heterocycles. The number of benzene rings is 1. The lowest BCUT2D eigenvalue weighted by Crippen LogP contribution is -2.11. The zero-order valence-corrected chi connectivity index (χ0v) is 8.39. The Labute approximate surface area is 83.6 Å². The fourth-order valence-corrected chi connectivity index (χ4v) is 1.83. The highest BCUT2D eigenvalue weighted by atomic mass is 19.1. The van der Waals surface area contributed by atoms with Crippen LogP contribution in [0.2, 0.25) is 0 Å². The van der Waals surface area contributed by atoms with Crippen molar-refractivity contribution in [1.82, 2.24) is 0 Å². The second-order valence-electron chi connectivity index (χ2n) is 4.41. The standard InChI is InChI=1S/C12H15FO/c1-9-6-11(13)3-2-10(9)7-12(8-14)4-5-12/h2-3,6,14H,4-5,7-8H2,1H3. The third kappa shape index (κ3) is 1.80. The maximum Gasteiger partial charge on any atom is 0.123 e. The fraction of sp³-hybridized carbons (Fsp3) is 0.500. The van der Waals surface area contributed by atoms with Gasteiger partial charge in [0, 0.05) is 6.61 Å². The van der Waals surface area contributed by atoms with Crippen LogP contribution in [-0.4, -0.2) is 11.7 Å². The molecule has 2 rings (SSSR count). The second-order valence-corrected chi connectivity index (χ2v) is 4.41. The first-order chi connectivity index (χ1) is 6.65. The van der Waals surface area contributed by atoms with Gasteiger partial charge in [-0.1, -0.05) is 6.07 Å². The highest BCUT2D eigenvalue weighted by Crippen LogP contribution is 2.48. The maximum atomic E-state index is 12.8. The van der Waals surface area contributed by atoms with Gasteiger partial charge >= 0.3 is 0 Å². The van der Waals surface area contributed by atoms with Crippen molar-refractivity contribution in [3.05, 3.63) is 35.1 Å². The van der Waals surface area contributed by atoms with Gasteiger partial charge in [0.2, 0.25) is 0 Å². The minimum atomic E-state index is -0.180. The smallest absolute Gasteiger partial charge is 0.123 e. The predicted octanol–water partition coefficient (Wildman–Crippen LogP) is 2.45. The van der Waals surface area contributed by atoms with Crippen LogP contribution in [-0.2, 0) is 6.42 Å². The molecule has 1 fully saturated rings. The van der Waals surface area contributed by atoms with Crippen LogP contribution in [0.15, 0.2) is 18.2 Å².